The first-order chi connectivity index (χ1) is 14.8. The molecule has 0 N–H and O–H groups in total. The number of hydrogen-bond acceptors (Lipinski definition) is 3. The van der Waals surface area contributed by atoms with Crippen LogP contribution >= 0.6 is 11.3 Å². The highest BCUT2D eigenvalue weighted by Gasteiger charge is 2.19. The molecule has 0 spiro atoms. The number of thiophene rings is 1. The van der Waals surface area contributed by atoms with E-state index in [9.17, 15) is 4.79 Å². The second-order valence-electron chi connectivity index (χ2n) is 9.22. The van der Waals surface area contributed by atoms with Gasteiger partial charge in [0.15, 0.2) is 5.78 Å². The Labute approximate surface area is 190 Å². The second-order valence-corrected chi connectivity index (χ2v) is 10.3. The summed E-state index contributed by atoms with van der Waals surface area (Å²) in [6.45, 7) is 11.4. The number of unbranched alkanes of at least 4 members (excludes halogenated alkanes) is 1. The average molecular weight is 435 g/mol. The highest BCUT2D eigenvalue weighted by atomic mass is 32.1. The molecule has 0 saturated carbocycles. The van der Waals surface area contributed by atoms with Crippen molar-refractivity contribution < 1.29 is 4.79 Å². The fourth-order valence-corrected chi connectivity index (χ4v) is 4.33. The molecule has 3 rings (SSSR count). The van der Waals surface area contributed by atoms with Gasteiger partial charge in [-0.2, -0.15) is 0 Å². The predicted molar refractivity (Wildman–Crippen MR) is 132 cm³/mol. The third kappa shape index (κ3) is 6.27. The molecule has 0 aliphatic carbocycles. The van der Waals surface area contributed by atoms with Crippen molar-refractivity contribution in [3.8, 4) is 0 Å². The molecule has 0 fully saturated rings. The fourth-order valence-electron chi connectivity index (χ4n) is 3.60. The highest BCUT2D eigenvalue weighted by Crippen LogP contribution is 2.32. The standard InChI is InChI=1S/C27H34N2OS/c1-6-7-10-26-28-18-24(16-23(27(3,4)5)17-25-9-8-15-31-25)29(26)19-21-11-13-22(14-12-21)20(2)30/h8-9,11-16,18H,6-7,10,17,19H2,1-5H3/b23-16+. The van der Waals surface area contributed by atoms with E-state index in [0.29, 0.717) is 0 Å². The van der Waals surface area contributed by atoms with Crippen LogP contribution < -0.4 is 0 Å². The SMILES string of the molecule is CCCCc1ncc(/C=C(\Cc2cccs2)C(C)(C)C)n1Cc1ccc(C(C)=O)cc1. The number of rotatable bonds is 9. The molecule has 0 bridgehead atoms. The normalized spacial score (nSPS) is 12.4. The van der Waals surface area contributed by atoms with Gasteiger partial charge >= 0.3 is 0 Å². The van der Waals surface area contributed by atoms with Crippen molar-refractivity contribution >= 4 is 23.2 Å². The average Bonchev–Trinajstić information content (AvgIpc) is 3.36. The van der Waals surface area contributed by atoms with Crippen molar-refractivity contribution in [2.24, 2.45) is 5.41 Å². The summed E-state index contributed by atoms with van der Waals surface area (Å²) >= 11 is 1.81. The minimum absolute atomic E-state index is 0.0752. The number of hydrogen-bond donors (Lipinski definition) is 0. The van der Waals surface area contributed by atoms with Crippen molar-refractivity contribution in [1.82, 2.24) is 9.55 Å². The summed E-state index contributed by atoms with van der Waals surface area (Å²) < 4.78 is 2.35. The molecular formula is C27H34N2OS. The molecule has 0 amide bonds. The molecule has 3 aromatic rings. The van der Waals surface area contributed by atoms with Crippen LogP contribution in [0.3, 0.4) is 0 Å². The highest BCUT2D eigenvalue weighted by molar-refractivity contribution is 7.09. The van der Waals surface area contributed by atoms with Crippen LogP contribution in [-0.2, 0) is 19.4 Å². The molecule has 31 heavy (non-hydrogen) atoms. The minimum Gasteiger partial charge on any atom is -0.324 e. The van der Waals surface area contributed by atoms with Gasteiger partial charge in [-0.05, 0) is 41.8 Å². The zero-order valence-electron chi connectivity index (χ0n) is 19.4. The van der Waals surface area contributed by atoms with Gasteiger partial charge in [-0.15, -0.1) is 11.3 Å². The number of allylic oxidation sites excluding steroid dienone is 1. The lowest BCUT2D eigenvalue weighted by Crippen LogP contribution is -2.13. The maximum atomic E-state index is 11.6. The third-order valence-electron chi connectivity index (χ3n) is 5.65. The number of aromatic nitrogens is 2. The summed E-state index contributed by atoms with van der Waals surface area (Å²) in [4.78, 5) is 17.8. The minimum atomic E-state index is 0.0752. The van der Waals surface area contributed by atoms with Gasteiger partial charge in [-0.3, -0.25) is 4.79 Å². The Morgan fingerprint density at radius 1 is 1.16 bits per heavy atom. The lowest BCUT2D eigenvalue weighted by Gasteiger charge is -2.23. The first-order valence-corrected chi connectivity index (χ1v) is 12.0. The maximum Gasteiger partial charge on any atom is 0.159 e. The lowest BCUT2D eigenvalue weighted by molar-refractivity contribution is 0.101. The first-order valence-electron chi connectivity index (χ1n) is 11.2. The number of aryl methyl sites for hydroxylation is 1. The molecule has 2 aromatic heterocycles. The molecule has 0 aliphatic heterocycles. The summed E-state index contributed by atoms with van der Waals surface area (Å²) in [6.07, 6.45) is 8.58. The van der Waals surface area contributed by atoms with Crippen LogP contribution in [0.1, 0.15) is 79.8 Å². The maximum absolute atomic E-state index is 11.6. The van der Waals surface area contributed by atoms with Gasteiger partial charge in [0.25, 0.3) is 0 Å². The molecule has 4 heteroatoms. The van der Waals surface area contributed by atoms with Crippen LogP contribution in [-0.4, -0.2) is 15.3 Å². The van der Waals surface area contributed by atoms with Gasteiger partial charge in [0.2, 0.25) is 0 Å². The summed E-state index contributed by atoms with van der Waals surface area (Å²) in [5.41, 5.74) is 4.58. The number of ketones is 1. The van der Waals surface area contributed by atoms with E-state index in [2.05, 4.69) is 68.0 Å². The van der Waals surface area contributed by atoms with E-state index in [1.807, 2.05) is 29.7 Å². The quantitative estimate of drug-likeness (QED) is 0.333. The number of imidazole rings is 1. The van der Waals surface area contributed by atoms with E-state index in [1.165, 1.54) is 16.0 Å². The van der Waals surface area contributed by atoms with Crippen molar-refractivity contribution in [3.63, 3.8) is 0 Å². The Hall–Kier alpha value is -2.46. The summed E-state index contributed by atoms with van der Waals surface area (Å²) in [7, 11) is 0. The van der Waals surface area contributed by atoms with Crippen LogP contribution in [0.4, 0.5) is 0 Å². The molecule has 164 valence electrons. The summed E-state index contributed by atoms with van der Waals surface area (Å²) in [6, 6.07) is 12.3. The summed E-state index contributed by atoms with van der Waals surface area (Å²) in [5, 5.41) is 2.15. The van der Waals surface area contributed by atoms with Gasteiger partial charge in [-0.1, -0.05) is 70.0 Å². The Morgan fingerprint density at radius 3 is 2.48 bits per heavy atom. The molecule has 0 unspecified atom stereocenters. The monoisotopic (exact) mass is 434 g/mol. The van der Waals surface area contributed by atoms with Crippen molar-refractivity contribution in [2.45, 2.75) is 66.8 Å². The second kappa shape index (κ2) is 10.2. The third-order valence-corrected chi connectivity index (χ3v) is 6.53. The number of carbonyl (C=O) groups excluding carboxylic acids is 1. The van der Waals surface area contributed by atoms with Gasteiger partial charge in [0, 0.05) is 29.8 Å². The number of benzene rings is 1. The van der Waals surface area contributed by atoms with Crippen molar-refractivity contribution in [3.05, 3.63) is 81.1 Å². The first kappa shape index (κ1) is 23.2. The van der Waals surface area contributed by atoms with Crippen molar-refractivity contribution in [2.75, 3.05) is 0 Å². The predicted octanol–water partition coefficient (Wildman–Crippen LogP) is 7.21. The van der Waals surface area contributed by atoms with Crippen molar-refractivity contribution in [1.29, 1.82) is 0 Å². The van der Waals surface area contributed by atoms with E-state index in [-0.39, 0.29) is 11.2 Å². The lowest BCUT2D eigenvalue weighted by atomic mass is 9.83. The van der Waals surface area contributed by atoms with Crippen LogP contribution in [0.15, 0.2) is 53.5 Å². The zero-order chi connectivity index (χ0) is 22.4. The smallest absolute Gasteiger partial charge is 0.159 e. The Bertz CT molecular complexity index is 1020. The zero-order valence-corrected chi connectivity index (χ0v) is 20.3. The number of nitrogens with zero attached hydrogens (tertiary/aromatic N) is 2. The van der Waals surface area contributed by atoms with Crippen LogP contribution in [0.2, 0.25) is 0 Å². The van der Waals surface area contributed by atoms with Crippen LogP contribution in [0.5, 0.6) is 0 Å². The topological polar surface area (TPSA) is 34.9 Å². The van der Waals surface area contributed by atoms with Crippen LogP contribution in [0.25, 0.3) is 6.08 Å². The molecule has 0 radical (unpaired) electrons. The molecule has 2 heterocycles. The Kier molecular flexibility index (Phi) is 7.66. The molecule has 1 aromatic carbocycles. The van der Waals surface area contributed by atoms with E-state index in [1.54, 1.807) is 6.92 Å². The van der Waals surface area contributed by atoms with Gasteiger partial charge in [0.1, 0.15) is 5.82 Å². The van der Waals surface area contributed by atoms with Gasteiger partial charge in [0.05, 0.1) is 11.9 Å². The summed E-state index contributed by atoms with van der Waals surface area (Å²) in [5.74, 6) is 1.23. The molecule has 0 atom stereocenters. The van der Waals surface area contributed by atoms with Gasteiger partial charge < -0.3 is 4.57 Å². The molecule has 0 aliphatic rings. The van der Waals surface area contributed by atoms with Crippen LogP contribution in [0, 0.1) is 5.41 Å². The Balaban J connectivity index is 1.97. The molecule has 3 nitrogen and oxygen atoms in total. The number of carbonyl (C=O) groups is 1. The number of Topliss-reactive ketones (excluding diaryl/α,β-unsaturated/α-hetero) is 1. The van der Waals surface area contributed by atoms with Gasteiger partial charge in [-0.25, -0.2) is 4.98 Å². The van der Waals surface area contributed by atoms with E-state index >= 15 is 0 Å². The Morgan fingerprint density at radius 2 is 1.90 bits per heavy atom. The molecule has 0 saturated heterocycles. The molecular weight excluding hydrogens is 400 g/mol. The van der Waals surface area contributed by atoms with E-state index in [4.69, 9.17) is 4.98 Å². The van der Waals surface area contributed by atoms with E-state index in [0.717, 1.165) is 49.3 Å². The van der Waals surface area contributed by atoms with E-state index < -0.39 is 0 Å². The fraction of sp³-hybridized carbons (Fsp3) is 0.407. The largest absolute Gasteiger partial charge is 0.324 e.